The molecule has 1 fully saturated rings. The largest absolute Gasteiger partial charge is 0.339 e. The molecule has 0 radical (unpaired) electrons. The van der Waals surface area contributed by atoms with Crippen LogP contribution in [0.15, 0.2) is 42.9 Å². The Bertz CT molecular complexity index is 666. The van der Waals surface area contributed by atoms with Crippen molar-refractivity contribution in [1.82, 2.24) is 19.4 Å². The van der Waals surface area contributed by atoms with E-state index in [4.69, 9.17) is 0 Å². The first kappa shape index (κ1) is 11.7. The second kappa shape index (κ2) is 3.93. The van der Waals surface area contributed by atoms with Gasteiger partial charge in [0, 0.05) is 37.2 Å². The average molecular weight is 268 g/mol. The van der Waals surface area contributed by atoms with Gasteiger partial charge in [0.25, 0.3) is 5.91 Å². The number of pyridine rings is 1. The number of likely N-dealkylation sites (N-methyl/N-ethyl adjacent to an activating group) is 1. The van der Waals surface area contributed by atoms with E-state index < -0.39 is 5.66 Å². The van der Waals surface area contributed by atoms with Gasteiger partial charge in [-0.25, -0.2) is 0 Å². The Balaban J connectivity index is 1.93. The van der Waals surface area contributed by atoms with E-state index in [0.717, 1.165) is 30.9 Å². The summed E-state index contributed by atoms with van der Waals surface area (Å²) in [6.45, 7) is 2.39. The van der Waals surface area contributed by atoms with E-state index in [2.05, 4.69) is 23.0 Å². The van der Waals surface area contributed by atoms with Gasteiger partial charge in [0.2, 0.25) is 0 Å². The first-order valence-electron chi connectivity index (χ1n) is 6.82. The molecule has 1 atom stereocenters. The standard InChI is InChI=1S/C15H16N4O/c1-17-8-9-19-14(20)13-5-3-7-18(13)11-15(17,19)12-4-2-6-16-10-12/h2-7,10H,8-9,11H2,1H3. The van der Waals surface area contributed by atoms with Crippen molar-refractivity contribution in [3.63, 3.8) is 0 Å². The maximum Gasteiger partial charge on any atom is 0.272 e. The summed E-state index contributed by atoms with van der Waals surface area (Å²) in [7, 11) is 2.08. The molecule has 5 heteroatoms. The molecule has 4 heterocycles. The number of hydrogen-bond acceptors (Lipinski definition) is 3. The summed E-state index contributed by atoms with van der Waals surface area (Å²) in [5, 5.41) is 0. The summed E-state index contributed by atoms with van der Waals surface area (Å²) in [6.07, 6.45) is 5.62. The summed E-state index contributed by atoms with van der Waals surface area (Å²) >= 11 is 0. The van der Waals surface area contributed by atoms with Crippen LogP contribution in [0.4, 0.5) is 0 Å². The first-order chi connectivity index (χ1) is 9.73. The van der Waals surface area contributed by atoms with E-state index in [1.54, 1.807) is 6.20 Å². The molecule has 2 aliphatic heterocycles. The fourth-order valence-corrected chi connectivity index (χ4v) is 3.49. The normalized spacial score (nSPS) is 25.6. The molecule has 0 saturated carbocycles. The van der Waals surface area contributed by atoms with Gasteiger partial charge in [-0.05, 0) is 25.2 Å². The molecule has 0 N–H and O–H groups in total. The van der Waals surface area contributed by atoms with E-state index in [-0.39, 0.29) is 5.91 Å². The van der Waals surface area contributed by atoms with Gasteiger partial charge in [-0.1, -0.05) is 6.07 Å². The first-order valence-corrected chi connectivity index (χ1v) is 6.82. The molecule has 0 bridgehead atoms. The molecule has 4 rings (SSSR count). The van der Waals surface area contributed by atoms with Gasteiger partial charge in [0.15, 0.2) is 0 Å². The second-order valence-electron chi connectivity index (χ2n) is 5.46. The van der Waals surface area contributed by atoms with Crippen LogP contribution in [0.1, 0.15) is 16.1 Å². The minimum atomic E-state index is -0.405. The zero-order valence-corrected chi connectivity index (χ0v) is 11.4. The Labute approximate surface area is 117 Å². The van der Waals surface area contributed by atoms with Gasteiger partial charge in [0.05, 0.1) is 6.54 Å². The van der Waals surface area contributed by atoms with E-state index in [9.17, 15) is 4.79 Å². The Morgan fingerprint density at radius 2 is 2.15 bits per heavy atom. The van der Waals surface area contributed by atoms with Crippen LogP contribution in [0.3, 0.4) is 0 Å². The topological polar surface area (TPSA) is 41.4 Å². The lowest BCUT2D eigenvalue weighted by molar-refractivity contribution is -0.00143. The van der Waals surface area contributed by atoms with Gasteiger partial charge in [0.1, 0.15) is 11.4 Å². The predicted molar refractivity (Wildman–Crippen MR) is 74.0 cm³/mol. The maximum atomic E-state index is 12.7. The Morgan fingerprint density at radius 3 is 2.95 bits per heavy atom. The fraction of sp³-hybridized carbons (Fsp3) is 0.333. The molecule has 1 unspecified atom stereocenters. The van der Waals surface area contributed by atoms with E-state index >= 15 is 0 Å². The third-order valence-corrected chi connectivity index (χ3v) is 4.55. The predicted octanol–water partition coefficient (Wildman–Crippen LogP) is 1.14. The minimum absolute atomic E-state index is 0.106. The third kappa shape index (κ3) is 1.30. The van der Waals surface area contributed by atoms with Crippen LogP contribution in [-0.4, -0.2) is 45.4 Å². The summed E-state index contributed by atoms with van der Waals surface area (Å²) in [5.41, 5.74) is 1.45. The lowest BCUT2D eigenvalue weighted by Gasteiger charge is -2.46. The van der Waals surface area contributed by atoms with E-state index in [1.165, 1.54) is 0 Å². The molecule has 20 heavy (non-hydrogen) atoms. The van der Waals surface area contributed by atoms with Crippen molar-refractivity contribution in [2.75, 3.05) is 20.1 Å². The quantitative estimate of drug-likeness (QED) is 0.779. The molecule has 102 valence electrons. The molecule has 1 saturated heterocycles. The van der Waals surface area contributed by atoms with Crippen LogP contribution in [-0.2, 0) is 12.2 Å². The zero-order valence-electron chi connectivity index (χ0n) is 11.4. The van der Waals surface area contributed by atoms with Crippen molar-refractivity contribution in [2.24, 2.45) is 0 Å². The second-order valence-corrected chi connectivity index (χ2v) is 5.46. The van der Waals surface area contributed by atoms with Crippen LogP contribution < -0.4 is 0 Å². The molecule has 2 aromatic heterocycles. The van der Waals surface area contributed by atoms with Crippen molar-refractivity contribution < 1.29 is 4.79 Å². The highest BCUT2D eigenvalue weighted by molar-refractivity contribution is 5.94. The van der Waals surface area contributed by atoms with Crippen molar-refractivity contribution in [1.29, 1.82) is 0 Å². The number of hydrogen-bond donors (Lipinski definition) is 0. The van der Waals surface area contributed by atoms with Gasteiger partial charge in [-0.2, -0.15) is 0 Å². The van der Waals surface area contributed by atoms with Crippen LogP contribution in [0.2, 0.25) is 0 Å². The Hall–Kier alpha value is -2.14. The fourth-order valence-electron chi connectivity index (χ4n) is 3.49. The lowest BCUT2D eigenvalue weighted by atomic mass is 9.96. The molecule has 0 spiro atoms. The number of aromatic nitrogens is 2. The van der Waals surface area contributed by atoms with Crippen LogP contribution in [0.25, 0.3) is 0 Å². The van der Waals surface area contributed by atoms with E-state index in [0.29, 0.717) is 0 Å². The van der Waals surface area contributed by atoms with E-state index in [1.807, 2.05) is 40.1 Å². The maximum absolute atomic E-state index is 12.7. The van der Waals surface area contributed by atoms with Crippen LogP contribution in [0.5, 0.6) is 0 Å². The molecule has 2 aliphatic rings. The summed E-state index contributed by atoms with van der Waals surface area (Å²) in [4.78, 5) is 21.2. The number of nitrogens with zero attached hydrogens (tertiary/aromatic N) is 4. The zero-order chi connectivity index (χ0) is 13.7. The SMILES string of the molecule is CN1CCN2C(=O)c3cccn3CC12c1cccnc1. The minimum Gasteiger partial charge on any atom is -0.339 e. The molecule has 0 aromatic carbocycles. The lowest BCUT2D eigenvalue weighted by Crippen LogP contribution is -2.57. The van der Waals surface area contributed by atoms with Gasteiger partial charge >= 0.3 is 0 Å². The highest BCUT2D eigenvalue weighted by atomic mass is 16.2. The van der Waals surface area contributed by atoms with Crippen molar-refractivity contribution in [2.45, 2.75) is 12.2 Å². The molecular weight excluding hydrogens is 252 g/mol. The number of carbonyl (C=O) groups is 1. The number of fused-ring (bicyclic) bond motifs is 2. The van der Waals surface area contributed by atoms with Gasteiger partial charge < -0.3 is 9.47 Å². The number of amides is 1. The van der Waals surface area contributed by atoms with Crippen molar-refractivity contribution >= 4 is 5.91 Å². The summed E-state index contributed by atoms with van der Waals surface area (Å²) in [6, 6.07) is 7.83. The molecule has 0 aliphatic carbocycles. The molecular formula is C15H16N4O. The van der Waals surface area contributed by atoms with Crippen molar-refractivity contribution in [3.05, 3.63) is 54.1 Å². The smallest absolute Gasteiger partial charge is 0.272 e. The van der Waals surface area contributed by atoms with Gasteiger partial charge in [-0.3, -0.25) is 14.7 Å². The molecule has 5 nitrogen and oxygen atoms in total. The summed E-state index contributed by atoms with van der Waals surface area (Å²) < 4.78 is 2.05. The number of carbonyl (C=O) groups excluding carboxylic acids is 1. The number of rotatable bonds is 1. The Morgan fingerprint density at radius 1 is 1.25 bits per heavy atom. The third-order valence-electron chi connectivity index (χ3n) is 4.55. The average Bonchev–Trinajstić information content (AvgIpc) is 3.07. The molecule has 1 amide bonds. The molecule has 2 aromatic rings. The van der Waals surface area contributed by atoms with Gasteiger partial charge in [-0.15, -0.1) is 0 Å². The Kier molecular flexibility index (Phi) is 2.29. The van der Waals surface area contributed by atoms with Crippen molar-refractivity contribution in [3.8, 4) is 0 Å². The highest BCUT2D eigenvalue weighted by Crippen LogP contribution is 2.41. The van der Waals surface area contributed by atoms with Crippen LogP contribution in [0, 0.1) is 0 Å². The summed E-state index contributed by atoms with van der Waals surface area (Å²) in [5.74, 6) is 0.106. The van der Waals surface area contributed by atoms with Crippen LogP contribution >= 0.6 is 0 Å². The highest BCUT2D eigenvalue weighted by Gasteiger charge is 2.52. The monoisotopic (exact) mass is 268 g/mol.